The highest BCUT2D eigenvalue weighted by molar-refractivity contribution is 8.00. The number of hydrogen-bond donors (Lipinski definition) is 1. The van der Waals surface area contributed by atoms with Gasteiger partial charge in [-0.1, -0.05) is 18.2 Å². The molecule has 7 heteroatoms. The van der Waals surface area contributed by atoms with Gasteiger partial charge in [0.25, 0.3) is 0 Å². The Morgan fingerprint density at radius 2 is 2.08 bits per heavy atom. The molecule has 0 unspecified atom stereocenters. The van der Waals surface area contributed by atoms with E-state index in [2.05, 4.69) is 11.0 Å². The SMILES string of the molecule is CSc1sc(C(=O)O)c(-c2ccccc2N2CCOCC2)c1C#N. The van der Waals surface area contributed by atoms with Crippen LogP contribution in [0.4, 0.5) is 5.69 Å². The summed E-state index contributed by atoms with van der Waals surface area (Å²) in [6.45, 7) is 2.79. The van der Waals surface area contributed by atoms with Crippen molar-refractivity contribution in [2.45, 2.75) is 4.21 Å². The molecule has 0 bridgehead atoms. The third-order valence-corrected chi connectivity index (χ3v) is 6.19. The van der Waals surface area contributed by atoms with E-state index >= 15 is 0 Å². The molecule has 24 heavy (non-hydrogen) atoms. The second-order valence-electron chi connectivity index (χ2n) is 5.21. The average Bonchev–Trinajstić information content (AvgIpc) is 3.01. The standard InChI is InChI=1S/C17H16N2O3S2/c1-23-17-12(10-18)14(15(24-17)16(20)21)11-4-2-3-5-13(11)19-6-8-22-9-7-19/h2-5H,6-9H2,1H3,(H,20,21). The van der Waals surface area contributed by atoms with E-state index in [0.29, 0.717) is 24.3 Å². The van der Waals surface area contributed by atoms with E-state index < -0.39 is 5.97 Å². The van der Waals surface area contributed by atoms with Crippen LogP contribution in [0.1, 0.15) is 15.2 Å². The van der Waals surface area contributed by atoms with Gasteiger partial charge in [0.1, 0.15) is 10.9 Å². The van der Waals surface area contributed by atoms with E-state index in [9.17, 15) is 15.2 Å². The highest BCUT2D eigenvalue weighted by atomic mass is 32.2. The maximum Gasteiger partial charge on any atom is 0.346 e. The van der Waals surface area contributed by atoms with Crippen molar-refractivity contribution in [2.75, 3.05) is 37.5 Å². The minimum atomic E-state index is -0.997. The Morgan fingerprint density at radius 3 is 2.71 bits per heavy atom. The van der Waals surface area contributed by atoms with E-state index in [1.165, 1.54) is 23.1 Å². The van der Waals surface area contributed by atoms with E-state index in [4.69, 9.17) is 4.74 Å². The lowest BCUT2D eigenvalue weighted by Gasteiger charge is -2.30. The second-order valence-corrected chi connectivity index (χ2v) is 7.30. The van der Waals surface area contributed by atoms with Gasteiger partial charge in [0, 0.05) is 29.9 Å². The molecule has 0 atom stereocenters. The maximum atomic E-state index is 11.7. The first-order valence-electron chi connectivity index (χ1n) is 7.43. The second kappa shape index (κ2) is 7.26. The van der Waals surface area contributed by atoms with Gasteiger partial charge in [-0.25, -0.2) is 4.79 Å². The average molecular weight is 360 g/mol. The van der Waals surface area contributed by atoms with E-state index in [0.717, 1.165) is 28.5 Å². The van der Waals surface area contributed by atoms with Gasteiger partial charge in [-0.05, 0) is 12.3 Å². The van der Waals surface area contributed by atoms with Crippen molar-refractivity contribution >= 4 is 34.8 Å². The number of benzene rings is 1. The van der Waals surface area contributed by atoms with Crippen LogP contribution in [0.25, 0.3) is 11.1 Å². The quantitative estimate of drug-likeness (QED) is 0.841. The van der Waals surface area contributed by atoms with Gasteiger partial charge >= 0.3 is 5.97 Å². The van der Waals surface area contributed by atoms with Gasteiger partial charge in [-0.3, -0.25) is 0 Å². The number of rotatable bonds is 4. The summed E-state index contributed by atoms with van der Waals surface area (Å²) >= 11 is 2.57. The number of carboxylic acid groups (broad SMARTS) is 1. The molecule has 2 aromatic rings. The largest absolute Gasteiger partial charge is 0.477 e. The Morgan fingerprint density at radius 1 is 1.38 bits per heavy atom. The summed E-state index contributed by atoms with van der Waals surface area (Å²) in [5.41, 5.74) is 2.72. The molecule has 0 radical (unpaired) electrons. The number of thioether (sulfide) groups is 1. The molecule has 0 amide bonds. The molecule has 1 aromatic carbocycles. The third kappa shape index (κ3) is 3.00. The van der Waals surface area contributed by atoms with Crippen LogP contribution in [-0.4, -0.2) is 43.6 Å². The molecule has 5 nitrogen and oxygen atoms in total. The van der Waals surface area contributed by atoms with Crippen LogP contribution < -0.4 is 4.90 Å². The van der Waals surface area contributed by atoms with Crippen LogP contribution >= 0.6 is 23.1 Å². The number of ether oxygens (including phenoxy) is 1. The Kier molecular flexibility index (Phi) is 5.09. The lowest BCUT2D eigenvalue weighted by Crippen LogP contribution is -2.36. The summed E-state index contributed by atoms with van der Waals surface area (Å²) in [4.78, 5) is 14.1. The van der Waals surface area contributed by atoms with Crippen molar-refractivity contribution in [3.8, 4) is 17.2 Å². The fourth-order valence-corrected chi connectivity index (χ4v) is 4.60. The van der Waals surface area contributed by atoms with Gasteiger partial charge in [-0.15, -0.1) is 23.1 Å². The fraction of sp³-hybridized carbons (Fsp3) is 0.294. The molecule has 0 saturated carbocycles. The van der Waals surface area contributed by atoms with Gasteiger partial charge < -0.3 is 14.7 Å². The number of hydrogen-bond acceptors (Lipinski definition) is 6. The molecule has 0 spiro atoms. The Labute approximate surface area is 148 Å². The van der Waals surface area contributed by atoms with Crippen LogP contribution in [0.2, 0.25) is 0 Å². The van der Waals surface area contributed by atoms with Crippen molar-refractivity contribution in [3.05, 3.63) is 34.7 Å². The summed E-state index contributed by atoms with van der Waals surface area (Å²) in [6, 6.07) is 9.88. The Bertz CT molecular complexity index is 805. The normalized spacial score (nSPS) is 14.4. The minimum Gasteiger partial charge on any atom is -0.477 e. The maximum absolute atomic E-state index is 11.7. The van der Waals surface area contributed by atoms with Crippen LogP contribution in [0.3, 0.4) is 0 Å². The van der Waals surface area contributed by atoms with Gasteiger partial charge in [0.05, 0.1) is 23.0 Å². The number of thiophene rings is 1. The van der Waals surface area contributed by atoms with Crippen molar-refractivity contribution in [2.24, 2.45) is 0 Å². The Balaban J connectivity index is 2.21. The first kappa shape index (κ1) is 16.8. The van der Waals surface area contributed by atoms with E-state index in [-0.39, 0.29) is 4.88 Å². The van der Waals surface area contributed by atoms with Gasteiger partial charge in [-0.2, -0.15) is 5.26 Å². The zero-order chi connectivity index (χ0) is 17.1. The van der Waals surface area contributed by atoms with E-state index in [1.54, 1.807) is 0 Å². The number of nitrogens with zero attached hydrogens (tertiary/aromatic N) is 2. The fourth-order valence-electron chi connectivity index (χ4n) is 2.83. The number of morpholine rings is 1. The number of carboxylic acids is 1. The predicted octanol–water partition coefficient (Wildman–Crippen LogP) is 3.54. The van der Waals surface area contributed by atoms with Crippen molar-refractivity contribution < 1.29 is 14.6 Å². The van der Waals surface area contributed by atoms with Gasteiger partial charge in [0.2, 0.25) is 0 Å². The zero-order valence-corrected chi connectivity index (χ0v) is 14.7. The minimum absolute atomic E-state index is 0.219. The molecule has 1 saturated heterocycles. The third-order valence-electron chi connectivity index (χ3n) is 3.89. The summed E-state index contributed by atoms with van der Waals surface area (Å²) in [5.74, 6) is -0.997. The molecule has 1 fully saturated rings. The Hall–Kier alpha value is -2.01. The molecule has 0 aliphatic carbocycles. The predicted molar refractivity (Wildman–Crippen MR) is 96.2 cm³/mol. The summed E-state index contributed by atoms with van der Waals surface area (Å²) in [7, 11) is 0. The summed E-state index contributed by atoms with van der Waals surface area (Å²) in [6.07, 6.45) is 1.86. The first-order valence-corrected chi connectivity index (χ1v) is 9.47. The topological polar surface area (TPSA) is 73.6 Å². The molecular formula is C17H16N2O3S2. The first-order chi connectivity index (χ1) is 11.7. The highest BCUT2D eigenvalue weighted by Gasteiger charge is 2.26. The molecular weight excluding hydrogens is 344 g/mol. The van der Waals surface area contributed by atoms with Crippen molar-refractivity contribution in [1.29, 1.82) is 5.26 Å². The number of nitriles is 1. The van der Waals surface area contributed by atoms with Gasteiger partial charge in [0.15, 0.2) is 0 Å². The number of carbonyl (C=O) groups is 1. The molecule has 1 aromatic heterocycles. The highest BCUT2D eigenvalue weighted by Crippen LogP contribution is 2.44. The molecule has 124 valence electrons. The number of para-hydroxylation sites is 1. The van der Waals surface area contributed by atoms with Crippen LogP contribution in [0, 0.1) is 11.3 Å². The van der Waals surface area contributed by atoms with E-state index in [1.807, 2.05) is 30.5 Å². The lowest BCUT2D eigenvalue weighted by molar-refractivity contribution is 0.0703. The monoisotopic (exact) mass is 360 g/mol. The number of aromatic carboxylic acids is 1. The van der Waals surface area contributed by atoms with Crippen molar-refractivity contribution in [1.82, 2.24) is 0 Å². The molecule has 1 N–H and O–H groups in total. The zero-order valence-electron chi connectivity index (χ0n) is 13.1. The molecule has 3 rings (SSSR count). The summed E-state index contributed by atoms with van der Waals surface area (Å²) < 4.78 is 6.14. The lowest BCUT2D eigenvalue weighted by atomic mass is 9.99. The molecule has 1 aliphatic heterocycles. The van der Waals surface area contributed by atoms with Crippen LogP contribution in [0.15, 0.2) is 28.5 Å². The molecule has 2 heterocycles. The summed E-state index contributed by atoms with van der Waals surface area (Å²) in [5, 5.41) is 19.2. The van der Waals surface area contributed by atoms with Crippen LogP contribution in [-0.2, 0) is 4.74 Å². The molecule has 1 aliphatic rings. The smallest absolute Gasteiger partial charge is 0.346 e. The van der Waals surface area contributed by atoms with Crippen molar-refractivity contribution in [3.63, 3.8) is 0 Å². The van der Waals surface area contributed by atoms with Crippen LogP contribution in [0.5, 0.6) is 0 Å². The number of anilines is 1.